The Hall–Kier alpha value is -1.00. The molecule has 0 saturated heterocycles. The smallest absolute Gasteiger partial charge is 0.130 e. The highest BCUT2D eigenvalue weighted by Crippen LogP contribution is 2.19. The largest absolute Gasteiger partial charge is 0.396 e. The standard InChI is InChI=1S/C13H19F2NO/c1-13(2,6-7-17)9-16-8-10-11(14)4-3-5-12(10)15/h3-5,16-17H,6-9H2,1-2H3. The van der Waals surface area contributed by atoms with Crippen LogP contribution >= 0.6 is 0 Å². The molecule has 2 N–H and O–H groups in total. The summed E-state index contributed by atoms with van der Waals surface area (Å²) in [7, 11) is 0. The first kappa shape index (κ1) is 14.1. The molecule has 1 aromatic carbocycles. The Kier molecular flexibility index (Phi) is 5.02. The molecule has 0 amide bonds. The highest BCUT2D eigenvalue weighted by molar-refractivity contribution is 5.19. The summed E-state index contributed by atoms with van der Waals surface area (Å²) < 4.78 is 26.6. The molecular weight excluding hydrogens is 224 g/mol. The molecule has 0 heterocycles. The number of aliphatic hydroxyl groups is 1. The first-order chi connectivity index (χ1) is 7.96. The predicted molar refractivity (Wildman–Crippen MR) is 63.5 cm³/mol. The molecule has 0 aliphatic carbocycles. The molecular formula is C13H19F2NO. The summed E-state index contributed by atoms with van der Waals surface area (Å²) in [6.45, 7) is 4.86. The van der Waals surface area contributed by atoms with E-state index >= 15 is 0 Å². The van der Waals surface area contributed by atoms with Crippen LogP contribution in [0.1, 0.15) is 25.8 Å². The van der Waals surface area contributed by atoms with Crippen molar-refractivity contribution >= 4 is 0 Å². The Bertz CT molecular complexity index is 346. The maximum absolute atomic E-state index is 13.3. The molecule has 0 fully saturated rings. The van der Waals surface area contributed by atoms with Crippen LogP contribution in [0.5, 0.6) is 0 Å². The lowest BCUT2D eigenvalue weighted by Crippen LogP contribution is -2.30. The van der Waals surface area contributed by atoms with Crippen molar-refractivity contribution in [3.8, 4) is 0 Å². The van der Waals surface area contributed by atoms with Crippen LogP contribution in [-0.4, -0.2) is 18.3 Å². The van der Waals surface area contributed by atoms with Crippen LogP contribution in [0.3, 0.4) is 0 Å². The van der Waals surface area contributed by atoms with Crippen LogP contribution in [-0.2, 0) is 6.54 Å². The summed E-state index contributed by atoms with van der Waals surface area (Å²) in [4.78, 5) is 0. The molecule has 0 aliphatic heterocycles. The SMILES string of the molecule is CC(C)(CCO)CNCc1c(F)cccc1F. The second kappa shape index (κ2) is 6.07. The Labute approximate surface area is 101 Å². The normalized spacial score (nSPS) is 11.8. The lowest BCUT2D eigenvalue weighted by Gasteiger charge is -2.24. The lowest BCUT2D eigenvalue weighted by atomic mass is 9.90. The predicted octanol–water partition coefficient (Wildman–Crippen LogP) is 2.46. The number of benzene rings is 1. The van der Waals surface area contributed by atoms with Crippen molar-refractivity contribution in [3.05, 3.63) is 35.4 Å². The fraction of sp³-hybridized carbons (Fsp3) is 0.538. The molecule has 4 heteroatoms. The van der Waals surface area contributed by atoms with Crippen molar-refractivity contribution in [3.63, 3.8) is 0 Å². The third-order valence-electron chi connectivity index (χ3n) is 2.76. The van der Waals surface area contributed by atoms with Gasteiger partial charge < -0.3 is 10.4 Å². The Morgan fingerprint density at radius 2 is 1.82 bits per heavy atom. The van der Waals surface area contributed by atoms with Gasteiger partial charge in [0, 0.05) is 25.3 Å². The van der Waals surface area contributed by atoms with Crippen molar-refractivity contribution in [1.29, 1.82) is 0 Å². The van der Waals surface area contributed by atoms with Gasteiger partial charge >= 0.3 is 0 Å². The fourth-order valence-corrected chi connectivity index (χ4v) is 1.62. The van der Waals surface area contributed by atoms with Gasteiger partial charge in [-0.25, -0.2) is 8.78 Å². The minimum absolute atomic E-state index is 0.0623. The summed E-state index contributed by atoms with van der Waals surface area (Å²) in [5.41, 5.74) is -0.0245. The Morgan fingerprint density at radius 3 is 2.35 bits per heavy atom. The topological polar surface area (TPSA) is 32.3 Å². The van der Waals surface area contributed by atoms with Crippen LogP contribution < -0.4 is 5.32 Å². The van der Waals surface area contributed by atoms with Crippen molar-refractivity contribution < 1.29 is 13.9 Å². The van der Waals surface area contributed by atoms with Crippen molar-refractivity contribution in [2.45, 2.75) is 26.8 Å². The second-order valence-corrected chi connectivity index (χ2v) is 4.94. The van der Waals surface area contributed by atoms with E-state index in [1.54, 1.807) is 0 Å². The quantitative estimate of drug-likeness (QED) is 0.804. The lowest BCUT2D eigenvalue weighted by molar-refractivity contribution is 0.206. The minimum Gasteiger partial charge on any atom is -0.396 e. The monoisotopic (exact) mass is 243 g/mol. The molecule has 0 unspecified atom stereocenters. The number of halogens is 2. The van der Waals surface area contributed by atoms with E-state index in [4.69, 9.17) is 5.11 Å². The molecule has 0 aliphatic rings. The van der Waals surface area contributed by atoms with Gasteiger partial charge in [0.1, 0.15) is 11.6 Å². The van der Waals surface area contributed by atoms with Crippen LogP contribution in [0, 0.1) is 17.0 Å². The van der Waals surface area contributed by atoms with Gasteiger partial charge in [0.05, 0.1) is 0 Å². The van der Waals surface area contributed by atoms with Crippen LogP contribution in [0.2, 0.25) is 0 Å². The van der Waals surface area contributed by atoms with E-state index in [0.29, 0.717) is 13.0 Å². The number of hydrogen-bond acceptors (Lipinski definition) is 2. The molecule has 1 rings (SSSR count). The summed E-state index contributed by atoms with van der Waals surface area (Å²) >= 11 is 0. The molecule has 17 heavy (non-hydrogen) atoms. The average Bonchev–Trinajstić information content (AvgIpc) is 2.22. The Balaban J connectivity index is 2.51. The number of nitrogens with one attached hydrogen (secondary N) is 1. The zero-order chi connectivity index (χ0) is 12.9. The zero-order valence-corrected chi connectivity index (χ0v) is 10.3. The number of aliphatic hydroxyl groups excluding tert-OH is 1. The van der Waals surface area contributed by atoms with Gasteiger partial charge in [-0.2, -0.15) is 0 Å². The molecule has 0 atom stereocenters. The third kappa shape index (κ3) is 4.40. The van der Waals surface area contributed by atoms with Crippen molar-refractivity contribution in [2.24, 2.45) is 5.41 Å². The van der Waals surface area contributed by atoms with Gasteiger partial charge in [-0.05, 0) is 24.0 Å². The van der Waals surface area contributed by atoms with Crippen LogP contribution in [0.4, 0.5) is 8.78 Å². The van der Waals surface area contributed by atoms with Crippen LogP contribution in [0.25, 0.3) is 0 Å². The van der Waals surface area contributed by atoms with Gasteiger partial charge in [-0.1, -0.05) is 19.9 Å². The zero-order valence-electron chi connectivity index (χ0n) is 10.3. The highest BCUT2D eigenvalue weighted by Gasteiger charge is 2.17. The maximum atomic E-state index is 13.3. The number of rotatable bonds is 6. The number of hydrogen-bond donors (Lipinski definition) is 2. The van der Waals surface area contributed by atoms with E-state index in [2.05, 4.69) is 5.32 Å². The van der Waals surface area contributed by atoms with E-state index in [0.717, 1.165) is 0 Å². The van der Waals surface area contributed by atoms with Crippen molar-refractivity contribution in [1.82, 2.24) is 5.32 Å². The van der Waals surface area contributed by atoms with Gasteiger partial charge in [-0.15, -0.1) is 0 Å². The molecule has 0 radical (unpaired) electrons. The second-order valence-electron chi connectivity index (χ2n) is 4.94. The summed E-state index contributed by atoms with van der Waals surface area (Å²) in [5, 5.41) is 11.9. The molecule has 0 bridgehead atoms. The molecule has 0 aromatic heterocycles. The average molecular weight is 243 g/mol. The summed E-state index contributed by atoms with van der Waals surface area (Å²) in [5.74, 6) is -1.06. The molecule has 0 saturated carbocycles. The molecule has 96 valence electrons. The van der Waals surface area contributed by atoms with Crippen LogP contribution in [0.15, 0.2) is 18.2 Å². The molecule has 1 aromatic rings. The van der Waals surface area contributed by atoms with Gasteiger partial charge in [0.15, 0.2) is 0 Å². The minimum atomic E-state index is -0.530. The molecule has 2 nitrogen and oxygen atoms in total. The third-order valence-corrected chi connectivity index (χ3v) is 2.76. The van der Waals surface area contributed by atoms with E-state index in [9.17, 15) is 8.78 Å². The first-order valence-electron chi connectivity index (χ1n) is 5.71. The van der Waals surface area contributed by atoms with Crippen molar-refractivity contribution in [2.75, 3.05) is 13.2 Å². The highest BCUT2D eigenvalue weighted by atomic mass is 19.1. The van der Waals surface area contributed by atoms with Gasteiger partial charge in [0.2, 0.25) is 0 Å². The summed E-state index contributed by atoms with van der Waals surface area (Å²) in [6.07, 6.45) is 0.653. The summed E-state index contributed by atoms with van der Waals surface area (Å²) in [6, 6.07) is 3.85. The van der Waals surface area contributed by atoms with Gasteiger partial charge in [0.25, 0.3) is 0 Å². The van der Waals surface area contributed by atoms with E-state index in [1.165, 1.54) is 18.2 Å². The maximum Gasteiger partial charge on any atom is 0.130 e. The van der Waals surface area contributed by atoms with E-state index < -0.39 is 11.6 Å². The van der Waals surface area contributed by atoms with Gasteiger partial charge in [-0.3, -0.25) is 0 Å². The van der Waals surface area contributed by atoms with E-state index in [-0.39, 0.29) is 24.1 Å². The first-order valence-corrected chi connectivity index (χ1v) is 5.71. The fourth-order valence-electron chi connectivity index (χ4n) is 1.62. The van der Waals surface area contributed by atoms with E-state index in [1.807, 2.05) is 13.8 Å². The Morgan fingerprint density at radius 1 is 1.24 bits per heavy atom. The molecule has 0 spiro atoms.